The maximum atomic E-state index is 13.5. The van der Waals surface area contributed by atoms with Gasteiger partial charge in [-0.1, -0.05) is 23.8 Å². The molecule has 0 bridgehead atoms. The van der Waals surface area contributed by atoms with Crippen LogP contribution in [0.15, 0.2) is 53.9 Å². The molecular formula is C17H14F3N3O2. The second-order valence-corrected chi connectivity index (χ2v) is 5.76. The van der Waals surface area contributed by atoms with Gasteiger partial charge >= 0.3 is 6.18 Å². The van der Waals surface area contributed by atoms with Gasteiger partial charge in [-0.3, -0.25) is 9.78 Å². The molecule has 1 aromatic heterocycles. The second-order valence-electron chi connectivity index (χ2n) is 5.76. The molecule has 0 unspecified atom stereocenters. The van der Waals surface area contributed by atoms with Crippen molar-refractivity contribution < 1.29 is 23.1 Å². The number of rotatable bonds is 2. The molecule has 3 rings (SSSR count). The van der Waals surface area contributed by atoms with E-state index in [1.165, 1.54) is 36.7 Å². The van der Waals surface area contributed by atoms with Gasteiger partial charge in [-0.2, -0.15) is 23.3 Å². The fraction of sp³-hybridized carbons (Fsp3) is 0.235. The van der Waals surface area contributed by atoms with Crippen LogP contribution in [0.2, 0.25) is 0 Å². The van der Waals surface area contributed by atoms with Crippen LogP contribution in [0, 0.1) is 6.92 Å². The summed E-state index contributed by atoms with van der Waals surface area (Å²) in [6.45, 7) is 1.79. The minimum Gasteiger partial charge on any atom is -0.362 e. The summed E-state index contributed by atoms with van der Waals surface area (Å²) < 4.78 is 40.5. The van der Waals surface area contributed by atoms with Gasteiger partial charge in [0.15, 0.2) is 0 Å². The molecule has 0 fully saturated rings. The third-order valence-electron chi connectivity index (χ3n) is 3.92. The van der Waals surface area contributed by atoms with E-state index in [2.05, 4.69) is 10.1 Å². The molecule has 2 heterocycles. The van der Waals surface area contributed by atoms with Crippen molar-refractivity contribution in [1.29, 1.82) is 0 Å². The van der Waals surface area contributed by atoms with Gasteiger partial charge in [-0.05, 0) is 25.1 Å². The van der Waals surface area contributed by atoms with E-state index in [0.717, 1.165) is 5.56 Å². The fourth-order valence-corrected chi connectivity index (χ4v) is 2.49. The number of aryl methyl sites for hydroxylation is 1. The minimum atomic E-state index is -5.07. The third-order valence-corrected chi connectivity index (χ3v) is 3.92. The Morgan fingerprint density at radius 1 is 1.24 bits per heavy atom. The van der Waals surface area contributed by atoms with E-state index in [-0.39, 0.29) is 16.3 Å². The first kappa shape index (κ1) is 17.1. The number of pyridine rings is 1. The summed E-state index contributed by atoms with van der Waals surface area (Å²) in [6.07, 6.45) is -3.14. The molecule has 1 atom stereocenters. The molecule has 8 heteroatoms. The molecule has 0 radical (unpaired) electrons. The lowest BCUT2D eigenvalue weighted by Gasteiger charge is -2.32. The average Bonchev–Trinajstić information content (AvgIpc) is 2.95. The highest BCUT2D eigenvalue weighted by atomic mass is 19.4. The average molecular weight is 349 g/mol. The molecule has 1 aromatic carbocycles. The number of aromatic nitrogens is 1. The van der Waals surface area contributed by atoms with Crippen molar-refractivity contribution in [3.8, 4) is 0 Å². The van der Waals surface area contributed by atoms with Crippen molar-refractivity contribution in [1.82, 2.24) is 9.99 Å². The van der Waals surface area contributed by atoms with Gasteiger partial charge in [0.1, 0.15) is 0 Å². The van der Waals surface area contributed by atoms with Crippen LogP contribution in [0.5, 0.6) is 0 Å². The summed E-state index contributed by atoms with van der Waals surface area (Å²) in [4.78, 5) is 16.4. The summed E-state index contributed by atoms with van der Waals surface area (Å²) in [5.74, 6) is -1.03. The topological polar surface area (TPSA) is 65.8 Å². The number of hydrazone groups is 1. The molecule has 5 nitrogen and oxygen atoms in total. The molecular weight excluding hydrogens is 335 g/mol. The zero-order valence-corrected chi connectivity index (χ0v) is 13.2. The Balaban J connectivity index is 2.04. The number of carbonyl (C=O) groups is 1. The number of halogens is 3. The molecule has 0 saturated heterocycles. The van der Waals surface area contributed by atoms with Crippen LogP contribution in [0.25, 0.3) is 0 Å². The Kier molecular flexibility index (Phi) is 4.08. The molecule has 1 N–H and O–H groups in total. The predicted octanol–water partition coefficient (Wildman–Crippen LogP) is 2.89. The van der Waals surface area contributed by atoms with E-state index < -0.39 is 24.2 Å². The smallest absolute Gasteiger partial charge is 0.362 e. The van der Waals surface area contributed by atoms with Crippen LogP contribution in [0.4, 0.5) is 13.2 Å². The predicted molar refractivity (Wildman–Crippen MR) is 83.7 cm³/mol. The summed E-state index contributed by atoms with van der Waals surface area (Å²) >= 11 is 0. The molecule has 0 saturated carbocycles. The SMILES string of the molecule is Cc1ccc(C(=O)N2N=C(c3cccnc3)C[C@]2(O)C(F)(F)F)cc1. The highest BCUT2D eigenvalue weighted by Gasteiger charge is 2.63. The Morgan fingerprint density at radius 3 is 2.48 bits per heavy atom. The van der Waals surface area contributed by atoms with E-state index in [4.69, 9.17) is 0 Å². The van der Waals surface area contributed by atoms with Crippen molar-refractivity contribution >= 4 is 11.6 Å². The van der Waals surface area contributed by atoms with Crippen LogP contribution >= 0.6 is 0 Å². The molecule has 0 aliphatic carbocycles. The number of hydrogen-bond donors (Lipinski definition) is 1. The maximum absolute atomic E-state index is 13.5. The van der Waals surface area contributed by atoms with Crippen LogP contribution in [-0.4, -0.2) is 38.6 Å². The maximum Gasteiger partial charge on any atom is 0.438 e. The molecule has 0 spiro atoms. The monoisotopic (exact) mass is 349 g/mol. The van der Waals surface area contributed by atoms with E-state index in [0.29, 0.717) is 5.56 Å². The van der Waals surface area contributed by atoms with Gasteiger partial charge < -0.3 is 5.11 Å². The zero-order chi connectivity index (χ0) is 18.2. The number of amides is 1. The fourth-order valence-electron chi connectivity index (χ4n) is 2.49. The second kappa shape index (κ2) is 5.96. The normalized spacial score (nSPS) is 20.5. The minimum absolute atomic E-state index is 0.00413. The third kappa shape index (κ3) is 3.00. The lowest BCUT2D eigenvalue weighted by molar-refractivity contribution is -0.297. The van der Waals surface area contributed by atoms with Gasteiger partial charge in [-0.15, -0.1) is 0 Å². The van der Waals surface area contributed by atoms with Crippen molar-refractivity contribution in [3.05, 3.63) is 65.5 Å². The first-order valence-electron chi connectivity index (χ1n) is 7.40. The number of carbonyl (C=O) groups excluding carboxylic acids is 1. The standard InChI is InChI=1S/C17H14F3N3O2/c1-11-4-6-12(7-5-11)15(24)23-16(25,17(18,19)20)9-14(22-23)13-3-2-8-21-10-13/h2-8,10,25H,9H2,1H3/t16-/m0/s1. The van der Waals surface area contributed by atoms with Crippen LogP contribution < -0.4 is 0 Å². The van der Waals surface area contributed by atoms with Crippen molar-refractivity contribution in [3.63, 3.8) is 0 Å². The number of alkyl halides is 3. The Labute approximate surface area is 141 Å². The van der Waals surface area contributed by atoms with Crippen LogP contribution in [0.1, 0.15) is 27.9 Å². The molecule has 1 aliphatic heterocycles. The van der Waals surface area contributed by atoms with Crippen molar-refractivity contribution in [2.75, 3.05) is 0 Å². The number of benzene rings is 1. The highest BCUT2D eigenvalue weighted by Crippen LogP contribution is 2.41. The van der Waals surface area contributed by atoms with E-state index in [1.54, 1.807) is 19.1 Å². The first-order chi connectivity index (χ1) is 11.7. The summed E-state index contributed by atoms with van der Waals surface area (Å²) in [6, 6.07) is 9.04. The van der Waals surface area contributed by atoms with E-state index in [9.17, 15) is 23.1 Å². The molecule has 1 amide bonds. The summed E-state index contributed by atoms with van der Waals surface area (Å²) in [5.41, 5.74) is -2.30. The number of hydrogen-bond acceptors (Lipinski definition) is 4. The number of nitrogens with zero attached hydrogens (tertiary/aromatic N) is 3. The van der Waals surface area contributed by atoms with Gasteiger partial charge in [0, 0.05) is 23.5 Å². The molecule has 130 valence electrons. The van der Waals surface area contributed by atoms with E-state index in [1.807, 2.05) is 0 Å². The summed E-state index contributed by atoms with van der Waals surface area (Å²) in [7, 11) is 0. The quantitative estimate of drug-likeness (QED) is 0.907. The molecule has 1 aliphatic rings. The largest absolute Gasteiger partial charge is 0.438 e. The highest BCUT2D eigenvalue weighted by molar-refractivity contribution is 6.05. The van der Waals surface area contributed by atoms with Gasteiger partial charge in [-0.25, -0.2) is 0 Å². The van der Waals surface area contributed by atoms with Gasteiger partial charge in [0.05, 0.1) is 12.1 Å². The molecule has 2 aromatic rings. The Morgan fingerprint density at radius 2 is 1.92 bits per heavy atom. The molecule has 25 heavy (non-hydrogen) atoms. The van der Waals surface area contributed by atoms with E-state index >= 15 is 0 Å². The van der Waals surface area contributed by atoms with Crippen LogP contribution in [-0.2, 0) is 0 Å². The Hall–Kier alpha value is -2.74. The lowest BCUT2D eigenvalue weighted by atomic mass is 10.0. The van der Waals surface area contributed by atoms with Gasteiger partial charge in [0.2, 0.25) is 0 Å². The van der Waals surface area contributed by atoms with Gasteiger partial charge in [0.25, 0.3) is 11.6 Å². The van der Waals surface area contributed by atoms with Crippen molar-refractivity contribution in [2.24, 2.45) is 5.10 Å². The van der Waals surface area contributed by atoms with Crippen LogP contribution in [0.3, 0.4) is 0 Å². The first-order valence-corrected chi connectivity index (χ1v) is 7.40. The van der Waals surface area contributed by atoms with Crippen molar-refractivity contribution in [2.45, 2.75) is 25.2 Å². The Bertz CT molecular complexity index is 819. The zero-order valence-electron chi connectivity index (χ0n) is 13.2. The number of aliphatic hydroxyl groups is 1. The lowest BCUT2D eigenvalue weighted by Crippen LogP contribution is -2.56. The summed E-state index contributed by atoms with van der Waals surface area (Å²) in [5, 5.41) is 14.1.